The van der Waals surface area contributed by atoms with Crippen LogP contribution >= 0.6 is 0 Å². The Labute approximate surface area is 113 Å². The molecular weight excluding hydrogens is 224 g/mol. The minimum atomic E-state index is 0.711. The zero-order chi connectivity index (χ0) is 14.1. The topological polar surface area (TPSA) is 18.5 Å². The molecule has 0 fully saturated rings. The van der Waals surface area contributed by atoms with Crippen molar-refractivity contribution >= 4 is 0 Å². The van der Waals surface area contributed by atoms with Crippen LogP contribution in [0.4, 0.5) is 0 Å². The number of hydrogen-bond donors (Lipinski definition) is 0. The highest BCUT2D eigenvalue weighted by Crippen LogP contribution is 2.07. The van der Waals surface area contributed by atoms with Gasteiger partial charge in [-0.05, 0) is 38.0 Å². The summed E-state index contributed by atoms with van der Waals surface area (Å²) in [7, 11) is 0. The number of hydrogen-bond acceptors (Lipinski definition) is 2. The van der Waals surface area contributed by atoms with Gasteiger partial charge in [-0.15, -0.1) is 0 Å². The first kappa shape index (κ1) is 19.2. The fraction of sp³-hybridized carbons (Fsp3) is 0.625. The second-order valence-corrected chi connectivity index (χ2v) is 3.74. The van der Waals surface area contributed by atoms with E-state index in [4.69, 9.17) is 9.47 Å². The molecule has 2 nitrogen and oxygen atoms in total. The molecule has 0 aromatic carbocycles. The Morgan fingerprint density at radius 2 is 1.44 bits per heavy atom. The van der Waals surface area contributed by atoms with Crippen LogP contribution in [-0.4, -0.2) is 13.2 Å². The highest BCUT2D eigenvalue weighted by atomic mass is 16.5. The number of allylic oxidation sites excluding steroid dienone is 4. The average Bonchev–Trinajstić information content (AvgIpc) is 2.36. The number of ether oxygens (including phenoxy) is 2. The molecule has 0 aromatic heterocycles. The van der Waals surface area contributed by atoms with Crippen LogP contribution in [0.5, 0.6) is 0 Å². The normalized spacial score (nSPS) is 11.5. The fourth-order valence-electron chi connectivity index (χ4n) is 1.06. The van der Waals surface area contributed by atoms with E-state index in [0.717, 1.165) is 12.8 Å². The zero-order valence-corrected chi connectivity index (χ0v) is 12.7. The molecule has 0 aromatic rings. The first-order valence-corrected chi connectivity index (χ1v) is 7.02. The molecule has 2 heteroatoms. The highest BCUT2D eigenvalue weighted by Gasteiger charge is 1.88. The van der Waals surface area contributed by atoms with E-state index in [2.05, 4.69) is 26.8 Å². The second kappa shape index (κ2) is 18.2. The summed E-state index contributed by atoms with van der Waals surface area (Å²) < 4.78 is 10.3. The molecule has 0 N–H and O–H groups in total. The van der Waals surface area contributed by atoms with Gasteiger partial charge in [0, 0.05) is 0 Å². The minimum absolute atomic E-state index is 0.711. The van der Waals surface area contributed by atoms with Crippen molar-refractivity contribution in [1.82, 2.24) is 0 Å². The molecular formula is C16H30O2. The van der Waals surface area contributed by atoms with Crippen LogP contribution in [0, 0.1) is 0 Å². The van der Waals surface area contributed by atoms with E-state index in [-0.39, 0.29) is 0 Å². The van der Waals surface area contributed by atoms with Gasteiger partial charge in [0.2, 0.25) is 0 Å². The van der Waals surface area contributed by atoms with Gasteiger partial charge in [0.25, 0.3) is 0 Å². The third kappa shape index (κ3) is 17.2. The molecule has 18 heavy (non-hydrogen) atoms. The molecule has 0 saturated carbocycles. The Hall–Kier alpha value is -1.18. The summed E-state index contributed by atoms with van der Waals surface area (Å²) in [5.74, 6) is 0. The van der Waals surface area contributed by atoms with Crippen LogP contribution in [-0.2, 0) is 9.47 Å². The third-order valence-corrected chi connectivity index (χ3v) is 1.74. The van der Waals surface area contributed by atoms with Crippen molar-refractivity contribution < 1.29 is 9.47 Å². The van der Waals surface area contributed by atoms with Gasteiger partial charge in [-0.2, -0.15) is 0 Å². The van der Waals surface area contributed by atoms with Gasteiger partial charge in [0.05, 0.1) is 25.7 Å². The fourth-order valence-corrected chi connectivity index (χ4v) is 1.06. The van der Waals surface area contributed by atoms with Crippen LogP contribution in [0.15, 0.2) is 36.3 Å². The third-order valence-electron chi connectivity index (χ3n) is 1.74. The average molecular weight is 254 g/mol. The smallest absolute Gasteiger partial charge is 0.0845 e. The molecule has 0 unspecified atom stereocenters. The summed E-state index contributed by atoms with van der Waals surface area (Å²) in [5.41, 5.74) is 1.25. The van der Waals surface area contributed by atoms with Gasteiger partial charge in [0.15, 0.2) is 0 Å². The molecule has 0 saturated heterocycles. The molecule has 0 amide bonds. The van der Waals surface area contributed by atoms with Gasteiger partial charge < -0.3 is 9.47 Å². The maximum Gasteiger partial charge on any atom is 0.0845 e. The van der Waals surface area contributed by atoms with E-state index >= 15 is 0 Å². The lowest BCUT2D eigenvalue weighted by molar-refractivity contribution is 0.268. The summed E-state index contributed by atoms with van der Waals surface area (Å²) >= 11 is 0. The highest BCUT2D eigenvalue weighted by molar-refractivity contribution is 5.22. The van der Waals surface area contributed by atoms with E-state index in [1.807, 2.05) is 26.0 Å². The molecule has 0 rings (SSSR count). The SMILES string of the molecule is CCC.CCCC(=C/C=C/OCC)/C=C/OCC. The predicted octanol–water partition coefficient (Wildman–Crippen LogP) is 5.23. The van der Waals surface area contributed by atoms with Crippen molar-refractivity contribution in [3.05, 3.63) is 36.3 Å². The molecule has 0 heterocycles. The van der Waals surface area contributed by atoms with Crippen LogP contribution in [0.25, 0.3) is 0 Å². The van der Waals surface area contributed by atoms with Gasteiger partial charge in [-0.25, -0.2) is 0 Å². The quantitative estimate of drug-likeness (QED) is 0.436. The van der Waals surface area contributed by atoms with E-state index in [0.29, 0.717) is 13.2 Å². The lowest BCUT2D eigenvalue weighted by Gasteiger charge is -1.98. The first-order chi connectivity index (χ1) is 8.76. The van der Waals surface area contributed by atoms with Crippen molar-refractivity contribution in [3.8, 4) is 0 Å². The maximum atomic E-state index is 5.16. The molecule has 0 aliphatic carbocycles. The maximum absolute atomic E-state index is 5.16. The van der Waals surface area contributed by atoms with Crippen LogP contribution in [0.1, 0.15) is 53.9 Å². The predicted molar refractivity (Wildman–Crippen MR) is 80.5 cm³/mol. The van der Waals surface area contributed by atoms with Gasteiger partial charge in [0.1, 0.15) is 0 Å². The molecule has 106 valence electrons. The summed E-state index contributed by atoms with van der Waals surface area (Å²) in [6.07, 6.45) is 12.9. The summed E-state index contributed by atoms with van der Waals surface area (Å²) in [6.45, 7) is 11.8. The summed E-state index contributed by atoms with van der Waals surface area (Å²) in [4.78, 5) is 0. The van der Waals surface area contributed by atoms with Crippen LogP contribution in [0.3, 0.4) is 0 Å². The molecule has 0 aliphatic rings. The van der Waals surface area contributed by atoms with Crippen molar-refractivity contribution in [2.45, 2.75) is 53.9 Å². The lowest BCUT2D eigenvalue weighted by atomic mass is 10.1. The van der Waals surface area contributed by atoms with E-state index in [1.165, 1.54) is 12.0 Å². The monoisotopic (exact) mass is 254 g/mol. The Morgan fingerprint density at radius 1 is 0.889 bits per heavy atom. The second-order valence-electron chi connectivity index (χ2n) is 3.74. The molecule has 0 bridgehead atoms. The molecule has 0 aliphatic heterocycles. The van der Waals surface area contributed by atoms with Crippen molar-refractivity contribution in [3.63, 3.8) is 0 Å². The van der Waals surface area contributed by atoms with Gasteiger partial charge in [-0.3, -0.25) is 0 Å². The lowest BCUT2D eigenvalue weighted by Crippen LogP contribution is -1.81. The molecule has 0 atom stereocenters. The summed E-state index contributed by atoms with van der Waals surface area (Å²) in [6, 6.07) is 0. The Balaban J connectivity index is 0. The molecule has 0 spiro atoms. The largest absolute Gasteiger partial charge is 0.501 e. The van der Waals surface area contributed by atoms with Gasteiger partial charge >= 0.3 is 0 Å². The van der Waals surface area contributed by atoms with E-state index in [1.54, 1.807) is 12.5 Å². The first-order valence-electron chi connectivity index (χ1n) is 7.02. The minimum Gasteiger partial charge on any atom is -0.501 e. The Bertz CT molecular complexity index is 227. The zero-order valence-electron chi connectivity index (χ0n) is 12.7. The van der Waals surface area contributed by atoms with Crippen molar-refractivity contribution in [2.24, 2.45) is 0 Å². The summed E-state index contributed by atoms with van der Waals surface area (Å²) in [5, 5.41) is 0. The van der Waals surface area contributed by atoms with E-state index in [9.17, 15) is 0 Å². The van der Waals surface area contributed by atoms with Crippen LogP contribution in [0.2, 0.25) is 0 Å². The standard InChI is InChI=1S/C13H22O2.C3H8/c1-4-8-13(10-12-15-6-3)9-7-11-14-5-2;1-3-2/h7,9-12H,4-6,8H2,1-3H3;3H2,1-2H3/b11-7+,12-10+,13-9-;. The number of rotatable bonds is 8. The Kier molecular flexibility index (Phi) is 19.4. The molecule has 0 radical (unpaired) electrons. The van der Waals surface area contributed by atoms with E-state index < -0.39 is 0 Å². The van der Waals surface area contributed by atoms with Crippen molar-refractivity contribution in [2.75, 3.05) is 13.2 Å². The Morgan fingerprint density at radius 3 is 1.94 bits per heavy atom. The van der Waals surface area contributed by atoms with Crippen molar-refractivity contribution in [1.29, 1.82) is 0 Å². The van der Waals surface area contributed by atoms with Gasteiger partial charge in [-0.1, -0.05) is 39.7 Å². The van der Waals surface area contributed by atoms with Crippen LogP contribution < -0.4 is 0 Å².